The number of ether oxygens (including phenoxy) is 3. The number of aliphatic hydroxyl groups excluding tert-OH is 1. The number of aliphatic hydroxyl groups is 1. The molecule has 10 saturated heterocycles. The molecule has 10 rings (SSSR count). The molecule has 0 aromatic carbocycles. The van der Waals surface area contributed by atoms with Gasteiger partial charge in [-0.1, -0.05) is 0 Å². The lowest BCUT2D eigenvalue weighted by Gasteiger charge is -2.60. The molecule has 0 radical (unpaired) electrons. The average Bonchev–Trinajstić information content (AvgIpc) is 3.78. The molecule has 3 N–H and O–H groups in total. The molecule has 10 aliphatic rings. The Balaban J connectivity index is 0.000000155. The van der Waals surface area contributed by atoms with Crippen LogP contribution in [0.3, 0.4) is 0 Å². The first-order valence-corrected chi connectivity index (χ1v) is 30.5. The van der Waals surface area contributed by atoms with E-state index in [9.17, 15) is 14.7 Å². The fourth-order valence-electron chi connectivity index (χ4n) is 14.4. The molecule has 2 amide bonds. The smallest absolute Gasteiger partial charge is 0.222 e. The number of rotatable bonds is 1. The maximum atomic E-state index is 11.6. The van der Waals surface area contributed by atoms with E-state index in [0.29, 0.717) is 46.6 Å². The van der Waals surface area contributed by atoms with Gasteiger partial charge in [-0.15, -0.1) is 0 Å². The van der Waals surface area contributed by atoms with Gasteiger partial charge in [0, 0.05) is 132 Å². The van der Waals surface area contributed by atoms with E-state index in [-0.39, 0.29) is 45.2 Å². The summed E-state index contributed by atoms with van der Waals surface area (Å²) in [6.07, 6.45) is 15.2. The Bertz CT molecular complexity index is 1820. The standard InChI is InChI=1S/C14H27NO2.2C13H24N2O.C13H25NO2.C9H18N2/c1-13(2,3)15-9-7-14(8-10-15)6-5-12(16-4)11-17-14;1-12(2,3)15-7-5-13(6-8-15)9-11(16)14(4)10-13;1-10-7-13(8-11(16)14-9-13)5-6-15(10)12(2,3)4;1-12(2,3)14-8-6-13(7-9-14)5-4-11(15)10-16-13;1-8(2,3)11-6-9(7-11)4-10-5-9/h12H,5-11H2,1-4H3;5-10H2,1-4H3;10H,5-9H2,1-4H3,(H,14,16);11,15H,4-10H2,1-3H3;10H,4-7H2,1-3H3. The second kappa shape index (κ2) is 24.6. The van der Waals surface area contributed by atoms with Gasteiger partial charge in [-0.2, -0.15) is 0 Å². The Labute approximate surface area is 465 Å². The quantitative estimate of drug-likeness (QED) is 0.234. The minimum Gasteiger partial charge on any atom is -0.391 e. The van der Waals surface area contributed by atoms with Crippen molar-refractivity contribution in [2.24, 2.45) is 16.2 Å². The molecule has 0 bridgehead atoms. The summed E-state index contributed by atoms with van der Waals surface area (Å²) < 4.78 is 17.4. The number of hydrogen-bond acceptors (Lipinski definition) is 12. The van der Waals surface area contributed by atoms with Crippen LogP contribution in [0.4, 0.5) is 0 Å². The first kappa shape index (κ1) is 63.7. The molecule has 10 heterocycles. The Morgan fingerprint density at radius 2 is 1.00 bits per heavy atom. The van der Waals surface area contributed by atoms with Gasteiger partial charge in [0.05, 0.1) is 36.6 Å². The van der Waals surface area contributed by atoms with E-state index in [0.717, 1.165) is 110 Å². The van der Waals surface area contributed by atoms with Gasteiger partial charge in [-0.3, -0.25) is 34.1 Å². The number of methoxy groups -OCH3 is 1. The van der Waals surface area contributed by atoms with E-state index in [1.54, 1.807) is 7.11 Å². The zero-order valence-corrected chi connectivity index (χ0v) is 52.4. The van der Waals surface area contributed by atoms with Gasteiger partial charge in [0.15, 0.2) is 0 Å². The van der Waals surface area contributed by atoms with Gasteiger partial charge in [0.25, 0.3) is 0 Å². The maximum Gasteiger partial charge on any atom is 0.222 e. The molecule has 0 aromatic rings. The minimum atomic E-state index is -0.230. The molecular weight excluding hydrogens is 953 g/mol. The fourth-order valence-corrected chi connectivity index (χ4v) is 14.4. The third-order valence-corrected chi connectivity index (χ3v) is 20.1. The Kier molecular flexibility index (Phi) is 20.6. The van der Waals surface area contributed by atoms with Crippen LogP contribution >= 0.6 is 0 Å². The van der Waals surface area contributed by atoms with E-state index in [2.05, 4.69) is 146 Å². The van der Waals surface area contributed by atoms with E-state index < -0.39 is 0 Å². The number of likely N-dealkylation sites (tertiary alicyclic amines) is 6. The highest BCUT2D eigenvalue weighted by molar-refractivity contribution is 5.79. The number of carbonyl (C=O) groups is 2. The number of carbonyl (C=O) groups excluding carboxylic acids is 2. The largest absolute Gasteiger partial charge is 0.391 e. The Hall–Kier alpha value is -1.46. The number of amides is 2. The summed E-state index contributed by atoms with van der Waals surface area (Å²) in [4.78, 5) is 37.7. The lowest BCUT2D eigenvalue weighted by molar-refractivity contribution is -0.158. The van der Waals surface area contributed by atoms with Crippen LogP contribution < -0.4 is 10.6 Å². The summed E-state index contributed by atoms with van der Waals surface area (Å²) in [6, 6.07) is 0.585. The summed E-state index contributed by atoms with van der Waals surface area (Å²) in [5.74, 6) is 0.584. The highest BCUT2D eigenvalue weighted by Gasteiger charge is 2.51. The van der Waals surface area contributed by atoms with Gasteiger partial charge < -0.3 is 34.9 Å². The van der Waals surface area contributed by atoms with Gasteiger partial charge in [-0.05, 0) is 218 Å². The van der Waals surface area contributed by atoms with Crippen LogP contribution in [0.5, 0.6) is 0 Å². The molecule has 14 heteroatoms. The lowest BCUT2D eigenvalue weighted by atomic mass is 9.72. The SMILES string of the molecule is CC(C)(C)N1CC2(CNC2)C1.CC(C)(C)N1CCC2(CCC(O)CO2)CC1.CC1CC2(CCN1C(C)(C)C)CNC(=O)C2.CN1CC2(CCN(C(C)(C)C)CC2)CC1=O.COC1CCC2(CCN(C(C)(C)C)CC2)OC1. The normalized spacial score (nSPS) is 31.2. The Morgan fingerprint density at radius 1 is 0.539 bits per heavy atom. The monoisotopic (exact) mass is 1070 g/mol. The second-order valence-electron chi connectivity index (χ2n) is 31.2. The molecule has 0 aliphatic carbocycles. The average molecular weight is 1070 g/mol. The highest BCUT2D eigenvalue weighted by atomic mass is 16.5. The fraction of sp³-hybridized carbons (Fsp3) is 0.968. The van der Waals surface area contributed by atoms with Crippen LogP contribution in [-0.2, 0) is 23.8 Å². The predicted molar refractivity (Wildman–Crippen MR) is 311 cm³/mol. The Morgan fingerprint density at radius 3 is 1.33 bits per heavy atom. The van der Waals surface area contributed by atoms with Gasteiger partial charge in [-0.25, -0.2) is 0 Å². The van der Waals surface area contributed by atoms with Crippen LogP contribution in [0.2, 0.25) is 0 Å². The summed E-state index contributed by atoms with van der Waals surface area (Å²) in [7, 11) is 3.72. The van der Waals surface area contributed by atoms with E-state index in [1.807, 2.05) is 11.9 Å². The summed E-state index contributed by atoms with van der Waals surface area (Å²) in [6.45, 7) is 52.9. The van der Waals surface area contributed by atoms with Crippen molar-refractivity contribution < 1.29 is 28.9 Å². The van der Waals surface area contributed by atoms with Crippen LogP contribution in [0.25, 0.3) is 0 Å². The molecule has 4 unspecified atom stereocenters. The first-order valence-electron chi connectivity index (χ1n) is 30.5. The van der Waals surface area contributed by atoms with Crippen molar-refractivity contribution in [3.8, 4) is 0 Å². The molecule has 5 spiro atoms. The summed E-state index contributed by atoms with van der Waals surface area (Å²) in [5.41, 5.74) is 2.98. The van der Waals surface area contributed by atoms with Crippen molar-refractivity contribution >= 4 is 11.8 Å². The molecule has 442 valence electrons. The van der Waals surface area contributed by atoms with Crippen molar-refractivity contribution in [1.29, 1.82) is 0 Å². The molecule has 10 fully saturated rings. The molecule has 76 heavy (non-hydrogen) atoms. The zero-order chi connectivity index (χ0) is 56.4. The molecule has 0 aromatic heterocycles. The van der Waals surface area contributed by atoms with Crippen molar-refractivity contribution in [2.45, 2.75) is 258 Å². The summed E-state index contributed by atoms with van der Waals surface area (Å²) in [5, 5.41) is 15.8. The van der Waals surface area contributed by atoms with Crippen molar-refractivity contribution in [2.75, 3.05) is 112 Å². The minimum absolute atomic E-state index is 0.0843. The highest BCUT2D eigenvalue weighted by Crippen LogP contribution is 2.44. The molecular formula is C62H118N8O6. The number of piperidine rings is 4. The van der Waals surface area contributed by atoms with Gasteiger partial charge in [0.2, 0.25) is 11.8 Å². The molecule has 4 atom stereocenters. The van der Waals surface area contributed by atoms with E-state index in [4.69, 9.17) is 14.2 Å². The lowest BCUT2D eigenvalue weighted by Crippen LogP contribution is -2.73. The third-order valence-electron chi connectivity index (χ3n) is 20.1. The third kappa shape index (κ3) is 16.8. The van der Waals surface area contributed by atoms with Crippen LogP contribution in [0.15, 0.2) is 0 Å². The van der Waals surface area contributed by atoms with Gasteiger partial charge >= 0.3 is 0 Å². The van der Waals surface area contributed by atoms with E-state index in [1.165, 1.54) is 71.4 Å². The number of nitrogens with one attached hydrogen (secondary N) is 2. The topological polar surface area (TPSA) is 126 Å². The zero-order valence-electron chi connectivity index (χ0n) is 52.4. The van der Waals surface area contributed by atoms with Crippen LogP contribution in [0, 0.1) is 16.2 Å². The van der Waals surface area contributed by atoms with Crippen LogP contribution in [-0.4, -0.2) is 216 Å². The van der Waals surface area contributed by atoms with Crippen molar-refractivity contribution in [3.63, 3.8) is 0 Å². The summed E-state index contributed by atoms with van der Waals surface area (Å²) >= 11 is 0. The van der Waals surface area contributed by atoms with E-state index >= 15 is 0 Å². The first-order chi connectivity index (χ1) is 35.0. The number of hydrogen-bond donors (Lipinski definition) is 3. The second-order valence-corrected chi connectivity index (χ2v) is 31.2. The number of nitrogens with zero attached hydrogens (tertiary/aromatic N) is 6. The maximum absolute atomic E-state index is 11.6. The molecule has 10 aliphatic heterocycles. The predicted octanol–water partition coefficient (Wildman–Crippen LogP) is 8.43. The van der Waals surface area contributed by atoms with Crippen molar-refractivity contribution in [1.82, 2.24) is 40.0 Å². The molecule has 0 saturated carbocycles. The van der Waals surface area contributed by atoms with Crippen LogP contribution in [0.1, 0.15) is 201 Å². The van der Waals surface area contributed by atoms with Gasteiger partial charge in [0.1, 0.15) is 0 Å². The van der Waals surface area contributed by atoms with Crippen molar-refractivity contribution in [3.05, 3.63) is 0 Å². The molecule has 14 nitrogen and oxygen atoms in total.